The lowest BCUT2D eigenvalue weighted by atomic mass is 10.1. The van der Waals surface area contributed by atoms with Crippen LogP contribution in [0.15, 0.2) is 0 Å². The number of esters is 1. The van der Waals surface area contributed by atoms with Gasteiger partial charge in [-0.3, -0.25) is 4.79 Å². The summed E-state index contributed by atoms with van der Waals surface area (Å²) in [6, 6.07) is 0. The summed E-state index contributed by atoms with van der Waals surface area (Å²) in [5, 5.41) is 17.9. The lowest BCUT2D eigenvalue weighted by molar-refractivity contribution is -0.143. The predicted octanol–water partition coefficient (Wildman–Crippen LogP) is 1.63. The van der Waals surface area contributed by atoms with E-state index in [2.05, 4.69) is 6.92 Å². The fraction of sp³-hybridized carbons (Fsp3) is 0.917. The minimum Gasteiger partial charge on any atom is -0.466 e. The molecule has 0 fully saturated rings. The summed E-state index contributed by atoms with van der Waals surface area (Å²) >= 11 is 0. The minimum atomic E-state index is -0.443. The van der Waals surface area contributed by atoms with Crippen molar-refractivity contribution >= 4 is 5.97 Å². The van der Waals surface area contributed by atoms with Gasteiger partial charge in [0.2, 0.25) is 0 Å². The maximum atomic E-state index is 11.2. The van der Waals surface area contributed by atoms with Crippen molar-refractivity contribution in [2.45, 2.75) is 58.0 Å². The zero-order valence-electron chi connectivity index (χ0n) is 10.2. The van der Waals surface area contributed by atoms with Crippen LogP contribution in [0.4, 0.5) is 0 Å². The molecule has 1 atom stereocenters. The van der Waals surface area contributed by atoms with Gasteiger partial charge in [0.25, 0.3) is 0 Å². The fourth-order valence-electron chi connectivity index (χ4n) is 1.35. The van der Waals surface area contributed by atoms with Crippen LogP contribution in [0.1, 0.15) is 51.9 Å². The molecule has 0 spiro atoms. The highest BCUT2D eigenvalue weighted by Crippen LogP contribution is 2.07. The number of unbranched alkanes of at least 4 members (excludes halogenated alkanes) is 2. The van der Waals surface area contributed by atoms with Crippen molar-refractivity contribution in [1.29, 1.82) is 0 Å². The molecule has 0 unspecified atom stereocenters. The molecule has 0 aliphatic rings. The second kappa shape index (κ2) is 10.9. The molecule has 4 heteroatoms. The molecule has 0 aliphatic heterocycles. The Labute approximate surface area is 97.6 Å². The smallest absolute Gasteiger partial charge is 0.305 e. The molecular formula is C12H24O4. The number of hydrogen-bond acceptors (Lipinski definition) is 4. The third-order valence-electron chi connectivity index (χ3n) is 2.39. The van der Waals surface area contributed by atoms with Crippen LogP contribution in [0, 0.1) is 0 Å². The topological polar surface area (TPSA) is 66.8 Å². The van der Waals surface area contributed by atoms with Crippen LogP contribution < -0.4 is 0 Å². The second-order valence-corrected chi connectivity index (χ2v) is 3.99. The number of aliphatic hydroxyl groups excluding tert-OH is 2. The molecule has 4 nitrogen and oxygen atoms in total. The first-order valence-electron chi connectivity index (χ1n) is 6.15. The Morgan fingerprint density at radius 3 is 2.62 bits per heavy atom. The van der Waals surface area contributed by atoms with E-state index in [1.165, 1.54) is 0 Å². The minimum absolute atomic E-state index is 0.0141. The van der Waals surface area contributed by atoms with E-state index in [0.29, 0.717) is 25.9 Å². The summed E-state index contributed by atoms with van der Waals surface area (Å²) in [7, 11) is 0. The first-order chi connectivity index (χ1) is 7.70. The molecule has 96 valence electrons. The SMILES string of the molecule is CCCCOC(=O)CCCC[C@@H](O)CCO. The molecule has 0 saturated heterocycles. The van der Waals surface area contributed by atoms with Crippen molar-refractivity contribution in [3.63, 3.8) is 0 Å². The zero-order valence-corrected chi connectivity index (χ0v) is 10.2. The molecule has 0 radical (unpaired) electrons. The Hall–Kier alpha value is -0.610. The van der Waals surface area contributed by atoms with Gasteiger partial charge in [-0.05, 0) is 25.7 Å². The van der Waals surface area contributed by atoms with Gasteiger partial charge < -0.3 is 14.9 Å². The normalized spacial score (nSPS) is 12.4. The van der Waals surface area contributed by atoms with Gasteiger partial charge in [-0.25, -0.2) is 0 Å². The Morgan fingerprint density at radius 1 is 1.25 bits per heavy atom. The molecule has 0 amide bonds. The average Bonchev–Trinajstić information content (AvgIpc) is 2.25. The third kappa shape index (κ3) is 9.93. The number of carbonyl (C=O) groups is 1. The number of carbonyl (C=O) groups excluding carboxylic acids is 1. The predicted molar refractivity (Wildman–Crippen MR) is 62.0 cm³/mol. The van der Waals surface area contributed by atoms with Crippen LogP contribution in [-0.4, -0.2) is 35.5 Å². The average molecular weight is 232 g/mol. The fourth-order valence-corrected chi connectivity index (χ4v) is 1.35. The Balaban J connectivity index is 3.27. The maximum Gasteiger partial charge on any atom is 0.305 e. The van der Waals surface area contributed by atoms with Gasteiger partial charge in [-0.15, -0.1) is 0 Å². The van der Waals surface area contributed by atoms with Crippen LogP contribution in [-0.2, 0) is 9.53 Å². The third-order valence-corrected chi connectivity index (χ3v) is 2.39. The van der Waals surface area contributed by atoms with Crippen molar-refractivity contribution in [2.24, 2.45) is 0 Å². The van der Waals surface area contributed by atoms with Crippen LogP contribution in [0.5, 0.6) is 0 Å². The van der Waals surface area contributed by atoms with Crippen molar-refractivity contribution in [2.75, 3.05) is 13.2 Å². The van der Waals surface area contributed by atoms with Gasteiger partial charge in [0.1, 0.15) is 0 Å². The van der Waals surface area contributed by atoms with E-state index in [1.807, 2.05) is 0 Å². The van der Waals surface area contributed by atoms with Gasteiger partial charge in [-0.2, -0.15) is 0 Å². The van der Waals surface area contributed by atoms with E-state index < -0.39 is 6.10 Å². The van der Waals surface area contributed by atoms with Crippen molar-refractivity contribution < 1.29 is 19.7 Å². The van der Waals surface area contributed by atoms with E-state index in [4.69, 9.17) is 9.84 Å². The van der Waals surface area contributed by atoms with E-state index >= 15 is 0 Å². The standard InChI is InChI=1S/C12H24O4/c1-2-3-10-16-12(15)7-5-4-6-11(14)8-9-13/h11,13-14H,2-10H2,1H3/t11-/m1/s1. The van der Waals surface area contributed by atoms with Gasteiger partial charge >= 0.3 is 5.97 Å². The number of hydrogen-bond donors (Lipinski definition) is 2. The van der Waals surface area contributed by atoms with Crippen LogP contribution in [0.3, 0.4) is 0 Å². The molecule has 0 saturated carbocycles. The molecule has 2 N–H and O–H groups in total. The highest BCUT2D eigenvalue weighted by atomic mass is 16.5. The Morgan fingerprint density at radius 2 is 2.00 bits per heavy atom. The van der Waals surface area contributed by atoms with E-state index in [0.717, 1.165) is 25.7 Å². The second-order valence-electron chi connectivity index (χ2n) is 3.99. The number of ether oxygens (including phenoxy) is 1. The first-order valence-corrected chi connectivity index (χ1v) is 6.15. The molecule has 0 aromatic rings. The lowest BCUT2D eigenvalue weighted by Crippen LogP contribution is -2.09. The largest absolute Gasteiger partial charge is 0.466 e. The molecule has 0 aromatic heterocycles. The maximum absolute atomic E-state index is 11.2. The quantitative estimate of drug-likeness (QED) is 0.444. The van der Waals surface area contributed by atoms with Crippen molar-refractivity contribution in [1.82, 2.24) is 0 Å². The zero-order chi connectivity index (χ0) is 12.2. The summed E-state index contributed by atoms with van der Waals surface area (Å²) in [6.07, 6.45) is 4.53. The summed E-state index contributed by atoms with van der Waals surface area (Å²) in [6.45, 7) is 2.58. The monoisotopic (exact) mass is 232 g/mol. The van der Waals surface area contributed by atoms with E-state index in [1.54, 1.807) is 0 Å². The first kappa shape index (κ1) is 15.4. The number of aliphatic hydroxyl groups is 2. The molecule has 0 aliphatic carbocycles. The molecule has 0 heterocycles. The lowest BCUT2D eigenvalue weighted by Gasteiger charge is -2.08. The molecule has 16 heavy (non-hydrogen) atoms. The van der Waals surface area contributed by atoms with E-state index in [-0.39, 0.29) is 12.6 Å². The van der Waals surface area contributed by atoms with Crippen molar-refractivity contribution in [3.8, 4) is 0 Å². The highest BCUT2D eigenvalue weighted by molar-refractivity contribution is 5.69. The molecule has 0 aromatic carbocycles. The molecular weight excluding hydrogens is 208 g/mol. The molecule has 0 rings (SSSR count). The van der Waals surface area contributed by atoms with Crippen LogP contribution in [0.2, 0.25) is 0 Å². The summed E-state index contributed by atoms with van der Waals surface area (Å²) in [4.78, 5) is 11.2. The Bertz CT molecular complexity index is 170. The van der Waals surface area contributed by atoms with Crippen molar-refractivity contribution in [3.05, 3.63) is 0 Å². The van der Waals surface area contributed by atoms with Gasteiger partial charge in [-0.1, -0.05) is 19.8 Å². The van der Waals surface area contributed by atoms with Gasteiger partial charge in [0.05, 0.1) is 12.7 Å². The van der Waals surface area contributed by atoms with E-state index in [9.17, 15) is 9.90 Å². The Kier molecular flexibility index (Phi) is 10.5. The van der Waals surface area contributed by atoms with Crippen LogP contribution in [0.25, 0.3) is 0 Å². The summed E-state index contributed by atoms with van der Waals surface area (Å²) in [5.74, 6) is -0.148. The van der Waals surface area contributed by atoms with Gasteiger partial charge in [0, 0.05) is 13.0 Å². The van der Waals surface area contributed by atoms with Crippen LogP contribution >= 0.6 is 0 Å². The number of rotatable bonds is 10. The van der Waals surface area contributed by atoms with Gasteiger partial charge in [0.15, 0.2) is 0 Å². The molecule has 0 bridgehead atoms. The highest BCUT2D eigenvalue weighted by Gasteiger charge is 2.05. The summed E-state index contributed by atoms with van der Waals surface area (Å²) < 4.78 is 5.00. The summed E-state index contributed by atoms with van der Waals surface area (Å²) in [5.41, 5.74) is 0.